The van der Waals surface area contributed by atoms with E-state index in [4.69, 9.17) is 5.73 Å². The van der Waals surface area contributed by atoms with Crippen molar-refractivity contribution in [2.24, 2.45) is 11.1 Å². The molecule has 1 unspecified atom stereocenters. The number of hydrogen-bond acceptors (Lipinski definition) is 2. The van der Waals surface area contributed by atoms with Gasteiger partial charge in [0.1, 0.15) is 0 Å². The van der Waals surface area contributed by atoms with Crippen molar-refractivity contribution < 1.29 is 0 Å². The Bertz CT molecular complexity index is 341. The molecular weight excluding hydrogens is 267 g/mol. The molecule has 1 atom stereocenters. The van der Waals surface area contributed by atoms with Crippen molar-refractivity contribution in [1.82, 2.24) is 4.90 Å². The maximum Gasteiger partial charge on any atom is 0.0234 e. The van der Waals surface area contributed by atoms with E-state index in [0.717, 1.165) is 19.6 Å². The Morgan fingerprint density at radius 3 is 2.39 bits per heavy atom. The minimum atomic E-state index is 0. The third-order valence-corrected chi connectivity index (χ3v) is 3.78. The summed E-state index contributed by atoms with van der Waals surface area (Å²) < 4.78 is 0. The second-order valence-electron chi connectivity index (χ2n) is 5.57. The number of rotatable bonds is 2. The van der Waals surface area contributed by atoms with Gasteiger partial charge in [0.25, 0.3) is 0 Å². The van der Waals surface area contributed by atoms with Crippen LogP contribution in [0, 0.1) is 5.41 Å². The van der Waals surface area contributed by atoms with Crippen LogP contribution in [-0.4, -0.2) is 24.0 Å². The quantitative estimate of drug-likeness (QED) is 0.907. The number of hydrogen-bond donors (Lipinski definition) is 1. The molecule has 0 bridgehead atoms. The summed E-state index contributed by atoms with van der Waals surface area (Å²) >= 11 is 0. The van der Waals surface area contributed by atoms with E-state index in [1.54, 1.807) is 0 Å². The monoisotopic (exact) mass is 290 g/mol. The van der Waals surface area contributed by atoms with Crippen molar-refractivity contribution in [1.29, 1.82) is 0 Å². The molecule has 1 aliphatic rings. The number of nitrogens with zero attached hydrogens (tertiary/aromatic N) is 1. The minimum absolute atomic E-state index is 0. The predicted octanol–water partition coefficient (Wildman–Crippen LogP) is 3.09. The second kappa shape index (κ2) is 7.34. The highest BCUT2D eigenvalue weighted by atomic mass is 35.5. The SMILES string of the molecule is CC1(C)CCN(Cc2ccccc2)CC1N.Cl.Cl. The first-order valence-electron chi connectivity index (χ1n) is 6.10. The van der Waals surface area contributed by atoms with E-state index in [1.165, 1.54) is 12.0 Å². The standard InChI is InChI=1S/C14H22N2.2ClH/c1-14(2)8-9-16(11-13(14)15)10-12-6-4-3-5-7-12;;/h3-7,13H,8-11,15H2,1-2H3;2*1H. The average Bonchev–Trinajstić information content (AvgIpc) is 2.26. The molecule has 0 aromatic heterocycles. The Morgan fingerprint density at radius 1 is 1.22 bits per heavy atom. The van der Waals surface area contributed by atoms with Crippen LogP contribution >= 0.6 is 24.8 Å². The van der Waals surface area contributed by atoms with Crippen molar-refractivity contribution in [2.45, 2.75) is 32.9 Å². The molecule has 104 valence electrons. The lowest BCUT2D eigenvalue weighted by Crippen LogP contribution is -2.52. The molecule has 2 rings (SSSR count). The van der Waals surface area contributed by atoms with Gasteiger partial charge in [-0.25, -0.2) is 0 Å². The number of piperidine rings is 1. The van der Waals surface area contributed by atoms with Gasteiger partial charge >= 0.3 is 0 Å². The number of likely N-dealkylation sites (tertiary alicyclic amines) is 1. The molecule has 1 heterocycles. The van der Waals surface area contributed by atoms with Crippen LogP contribution in [0.25, 0.3) is 0 Å². The number of benzene rings is 1. The van der Waals surface area contributed by atoms with E-state index in [9.17, 15) is 0 Å². The van der Waals surface area contributed by atoms with E-state index in [1.807, 2.05) is 0 Å². The Balaban J connectivity index is 0.00000144. The topological polar surface area (TPSA) is 29.3 Å². The number of nitrogens with two attached hydrogens (primary N) is 1. The molecular formula is C14H24Cl2N2. The number of halogens is 2. The summed E-state index contributed by atoms with van der Waals surface area (Å²) in [6.45, 7) is 7.76. The Hall–Kier alpha value is -0.280. The highest BCUT2D eigenvalue weighted by molar-refractivity contribution is 5.85. The molecule has 1 aliphatic heterocycles. The molecule has 1 aromatic rings. The van der Waals surface area contributed by atoms with Crippen LogP contribution in [0.1, 0.15) is 25.8 Å². The summed E-state index contributed by atoms with van der Waals surface area (Å²) in [5.74, 6) is 0. The van der Waals surface area contributed by atoms with Gasteiger partial charge in [-0.05, 0) is 23.9 Å². The highest BCUT2D eigenvalue weighted by Crippen LogP contribution is 2.29. The summed E-state index contributed by atoms with van der Waals surface area (Å²) in [6, 6.07) is 10.9. The maximum atomic E-state index is 6.21. The largest absolute Gasteiger partial charge is 0.326 e. The summed E-state index contributed by atoms with van der Waals surface area (Å²) in [6.07, 6.45) is 1.20. The van der Waals surface area contributed by atoms with Gasteiger partial charge in [0.05, 0.1) is 0 Å². The second-order valence-corrected chi connectivity index (χ2v) is 5.57. The summed E-state index contributed by atoms with van der Waals surface area (Å²) in [7, 11) is 0. The molecule has 0 radical (unpaired) electrons. The van der Waals surface area contributed by atoms with Gasteiger partial charge in [-0.15, -0.1) is 24.8 Å². The molecule has 1 saturated heterocycles. The molecule has 1 aromatic carbocycles. The van der Waals surface area contributed by atoms with Gasteiger partial charge in [-0.2, -0.15) is 0 Å². The van der Waals surface area contributed by atoms with E-state index in [2.05, 4.69) is 49.1 Å². The summed E-state index contributed by atoms with van der Waals surface area (Å²) in [5.41, 5.74) is 7.90. The predicted molar refractivity (Wildman–Crippen MR) is 82.6 cm³/mol. The Kier molecular flexibility index (Phi) is 7.23. The summed E-state index contributed by atoms with van der Waals surface area (Å²) in [5, 5.41) is 0. The molecule has 1 fully saturated rings. The van der Waals surface area contributed by atoms with E-state index in [-0.39, 0.29) is 24.8 Å². The smallest absolute Gasteiger partial charge is 0.0234 e. The molecule has 18 heavy (non-hydrogen) atoms. The zero-order valence-corrected chi connectivity index (χ0v) is 12.8. The van der Waals surface area contributed by atoms with Crippen molar-refractivity contribution in [2.75, 3.05) is 13.1 Å². The lowest BCUT2D eigenvalue weighted by atomic mass is 9.78. The third kappa shape index (κ3) is 4.43. The van der Waals surface area contributed by atoms with Gasteiger partial charge in [0.2, 0.25) is 0 Å². The Labute approximate surface area is 123 Å². The van der Waals surface area contributed by atoms with Crippen LogP contribution in [0.4, 0.5) is 0 Å². The van der Waals surface area contributed by atoms with Crippen molar-refractivity contribution >= 4 is 24.8 Å². The van der Waals surface area contributed by atoms with Crippen molar-refractivity contribution in [3.8, 4) is 0 Å². The average molecular weight is 291 g/mol. The maximum absolute atomic E-state index is 6.21. The minimum Gasteiger partial charge on any atom is -0.326 e. The molecule has 2 N–H and O–H groups in total. The van der Waals surface area contributed by atoms with Gasteiger partial charge < -0.3 is 5.73 Å². The molecule has 0 amide bonds. The first kappa shape index (κ1) is 17.7. The summed E-state index contributed by atoms with van der Waals surface area (Å²) in [4.78, 5) is 2.46. The van der Waals surface area contributed by atoms with Crippen LogP contribution in [0.3, 0.4) is 0 Å². The van der Waals surface area contributed by atoms with Gasteiger partial charge in [0, 0.05) is 19.1 Å². The van der Waals surface area contributed by atoms with E-state index < -0.39 is 0 Å². The molecule has 2 nitrogen and oxygen atoms in total. The van der Waals surface area contributed by atoms with Gasteiger partial charge in [0.15, 0.2) is 0 Å². The zero-order valence-electron chi connectivity index (χ0n) is 11.1. The fourth-order valence-electron chi connectivity index (χ4n) is 2.23. The van der Waals surface area contributed by atoms with Crippen molar-refractivity contribution in [3.63, 3.8) is 0 Å². The highest BCUT2D eigenvalue weighted by Gasteiger charge is 2.32. The van der Waals surface area contributed by atoms with E-state index >= 15 is 0 Å². The fraction of sp³-hybridized carbons (Fsp3) is 0.571. The van der Waals surface area contributed by atoms with Crippen LogP contribution in [-0.2, 0) is 6.54 Å². The third-order valence-electron chi connectivity index (χ3n) is 3.78. The van der Waals surface area contributed by atoms with Crippen LogP contribution in [0.5, 0.6) is 0 Å². The fourth-order valence-corrected chi connectivity index (χ4v) is 2.23. The molecule has 0 spiro atoms. The molecule has 0 aliphatic carbocycles. The van der Waals surface area contributed by atoms with Crippen molar-refractivity contribution in [3.05, 3.63) is 35.9 Å². The molecule has 0 saturated carbocycles. The van der Waals surface area contributed by atoms with Crippen LogP contribution in [0.2, 0.25) is 0 Å². The first-order valence-corrected chi connectivity index (χ1v) is 6.10. The lowest BCUT2D eigenvalue weighted by molar-refractivity contribution is 0.101. The first-order chi connectivity index (χ1) is 7.58. The normalized spacial score (nSPS) is 22.7. The van der Waals surface area contributed by atoms with E-state index in [0.29, 0.717) is 11.5 Å². The molecule has 4 heteroatoms. The zero-order chi connectivity index (χ0) is 11.6. The lowest BCUT2D eigenvalue weighted by Gasteiger charge is -2.42. The Morgan fingerprint density at radius 2 is 1.83 bits per heavy atom. The van der Waals surface area contributed by atoms with Gasteiger partial charge in [-0.1, -0.05) is 44.2 Å². The van der Waals surface area contributed by atoms with Crippen LogP contribution in [0.15, 0.2) is 30.3 Å². The van der Waals surface area contributed by atoms with Crippen LogP contribution < -0.4 is 5.73 Å². The van der Waals surface area contributed by atoms with Gasteiger partial charge in [-0.3, -0.25) is 4.90 Å².